The van der Waals surface area contributed by atoms with E-state index in [-0.39, 0.29) is 16.6 Å². The summed E-state index contributed by atoms with van der Waals surface area (Å²) in [4.78, 5) is 45.2. The number of benzene rings is 4. The first-order valence-corrected chi connectivity index (χ1v) is 17.3. The van der Waals surface area contributed by atoms with Crippen LogP contribution in [-0.2, 0) is 9.59 Å². The van der Waals surface area contributed by atoms with Crippen molar-refractivity contribution in [1.29, 1.82) is 0 Å². The maximum atomic E-state index is 13.6. The van der Waals surface area contributed by atoms with Crippen LogP contribution in [0.5, 0.6) is 5.75 Å². The molecular formula is C36H30Cl2N4O4S2. The van der Waals surface area contributed by atoms with Crippen molar-refractivity contribution in [1.82, 2.24) is 10.3 Å². The average molecular weight is 718 g/mol. The minimum absolute atomic E-state index is 0.0330. The predicted molar refractivity (Wildman–Crippen MR) is 196 cm³/mol. The molecule has 0 fully saturated rings. The summed E-state index contributed by atoms with van der Waals surface area (Å²) in [6, 6.07) is 28.3. The first-order valence-electron chi connectivity index (χ1n) is 14.7. The lowest BCUT2D eigenvalue weighted by Gasteiger charge is -2.15. The van der Waals surface area contributed by atoms with E-state index in [0.29, 0.717) is 33.4 Å². The molecule has 1 aromatic heterocycles. The highest BCUT2D eigenvalue weighted by Gasteiger charge is 2.21. The molecule has 48 heavy (non-hydrogen) atoms. The first-order chi connectivity index (χ1) is 23.2. The summed E-state index contributed by atoms with van der Waals surface area (Å²) in [5, 5.41) is 11.0. The molecule has 0 saturated carbocycles. The summed E-state index contributed by atoms with van der Waals surface area (Å²) < 4.78 is 5.22. The van der Waals surface area contributed by atoms with Gasteiger partial charge in [0.2, 0.25) is 5.91 Å². The zero-order chi connectivity index (χ0) is 34.0. The van der Waals surface area contributed by atoms with Crippen LogP contribution in [0.4, 0.5) is 10.8 Å². The van der Waals surface area contributed by atoms with E-state index in [4.69, 9.17) is 27.9 Å². The number of aromatic nitrogens is 1. The van der Waals surface area contributed by atoms with Crippen LogP contribution in [0.15, 0.2) is 113 Å². The molecule has 1 unspecified atom stereocenters. The number of rotatable bonds is 12. The lowest BCUT2D eigenvalue weighted by atomic mass is 10.1. The van der Waals surface area contributed by atoms with Crippen LogP contribution in [0.2, 0.25) is 10.0 Å². The first kappa shape index (κ1) is 34.7. The minimum Gasteiger partial charge on any atom is -0.497 e. The van der Waals surface area contributed by atoms with Crippen molar-refractivity contribution in [2.24, 2.45) is 0 Å². The van der Waals surface area contributed by atoms with Gasteiger partial charge in [-0.05, 0) is 78.7 Å². The standard InChI is InChI=1S/C36H30Cl2N4O4S2/c1-3-31(35(45)42-36-41-30(21-47-36)22-15-17-26(46-2)18-16-22)48-27-13-8-12-25(20-27)39-34(44)29(19-24-11-7-14-28(37)32(24)38)40-33(43)23-9-5-4-6-10-23/h4-21,31H,3H2,1-2H3,(H,39,44)(H,40,43)(H,41,42,45)/b29-19+. The highest BCUT2D eigenvalue weighted by atomic mass is 35.5. The van der Waals surface area contributed by atoms with E-state index in [2.05, 4.69) is 20.9 Å². The summed E-state index contributed by atoms with van der Waals surface area (Å²) >= 11 is 15.3. The molecule has 4 aromatic carbocycles. The number of nitrogens with one attached hydrogen (secondary N) is 3. The topological polar surface area (TPSA) is 109 Å². The number of thioether (sulfide) groups is 1. The molecule has 0 saturated heterocycles. The number of hydrogen-bond acceptors (Lipinski definition) is 7. The van der Waals surface area contributed by atoms with Crippen LogP contribution >= 0.6 is 46.3 Å². The Balaban J connectivity index is 1.28. The van der Waals surface area contributed by atoms with Gasteiger partial charge in [-0.15, -0.1) is 23.1 Å². The number of amides is 3. The molecule has 3 N–H and O–H groups in total. The fraction of sp³-hybridized carbons (Fsp3) is 0.111. The third-order valence-corrected chi connectivity index (χ3v) is 9.91. The summed E-state index contributed by atoms with van der Waals surface area (Å²) in [6.45, 7) is 1.93. The molecule has 0 aliphatic heterocycles. The van der Waals surface area contributed by atoms with Gasteiger partial charge in [-0.1, -0.05) is 66.5 Å². The molecule has 8 nitrogen and oxygen atoms in total. The van der Waals surface area contributed by atoms with Crippen molar-refractivity contribution in [3.05, 3.63) is 129 Å². The number of nitrogens with zero attached hydrogens (tertiary/aromatic N) is 1. The monoisotopic (exact) mass is 716 g/mol. The third-order valence-electron chi connectivity index (χ3n) is 6.96. The zero-order valence-electron chi connectivity index (χ0n) is 25.8. The van der Waals surface area contributed by atoms with Gasteiger partial charge in [-0.25, -0.2) is 4.98 Å². The van der Waals surface area contributed by atoms with E-state index in [1.807, 2.05) is 42.6 Å². The lowest BCUT2D eigenvalue weighted by Crippen LogP contribution is -2.30. The van der Waals surface area contributed by atoms with Gasteiger partial charge in [0.15, 0.2) is 5.13 Å². The molecule has 1 atom stereocenters. The van der Waals surface area contributed by atoms with Crippen LogP contribution in [0.3, 0.4) is 0 Å². The Morgan fingerprint density at radius 3 is 2.42 bits per heavy atom. The maximum absolute atomic E-state index is 13.6. The molecular weight excluding hydrogens is 687 g/mol. The molecule has 0 spiro atoms. The maximum Gasteiger partial charge on any atom is 0.272 e. The van der Waals surface area contributed by atoms with Crippen LogP contribution in [0, 0.1) is 0 Å². The normalized spacial score (nSPS) is 11.8. The minimum atomic E-state index is -0.571. The molecule has 12 heteroatoms. The highest BCUT2D eigenvalue weighted by Crippen LogP contribution is 2.31. The number of carbonyl (C=O) groups excluding carboxylic acids is 3. The van der Waals surface area contributed by atoms with E-state index in [1.54, 1.807) is 73.8 Å². The number of halogens is 2. The summed E-state index contributed by atoms with van der Waals surface area (Å²) in [7, 11) is 1.61. The van der Waals surface area contributed by atoms with Gasteiger partial charge in [-0.3, -0.25) is 14.4 Å². The zero-order valence-corrected chi connectivity index (χ0v) is 29.0. The second-order valence-electron chi connectivity index (χ2n) is 10.3. The van der Waals surface area contributed by atoms with Gasteiger partial charge in [-0.2, -0.15) is 0 Å². The summed E-state index contributed by atoms with van der Waals surface area (Å²) in [6.07, 6.45) is 2.03. The molecule has 0 radical (unpaired) electrons. The van der Waals surface area contributed by atoms with Gasteiger partial charge < -0.3 is 20.7 Å². The smallest absolute Gasteiger partial charge is 0.272 e. The molecule has 5 aromatic rings. The van der Waals surface area contributed by atoms with Crippen molar-refractivity contribution in [3.8, 4) is 17.0 Å². The number of ether oxygens (including phenoxy) is 1. The molecule has 0 aliphatic rings. The second-order valence-corrected chi connectivity index (χ2v) is 13.2. The van der Waals surface area contributed by atoms with Gasteiger partial charge in [0.05, 0.1) is 28.1 Å². The Bertz CT molecular complexity index is 1950. The van der Waals surface area contributed by atoms with E-state index in [0.717, 1.165) is 21.9 Å². The van der Waals surface area contributed by atoms with E-state index >= 15 is 0 Å². The quantitative estimate of drug-likeness (QED) is 0.0878. The van der Waals surface area contributed by atoms with E-state index in [1.165, 1.54) is 29.2 Å². The van der Waals surface area contributed by atoms with Crippen molar-refractivity contribution in [2.45, 2.75) is 23.5 Å². The molecule has 0 bridgehead atoms. The Labute approximate surface area is 296 Å². The second kappa shape index (κ2) is 16.5. The molecule has 5 rings (SSSR count). The van der Waals surface area contributed by atoms with Crippen molar-refractivity contribution < 1.29 is 19.1 Å². The van der Waals surface area contributed by atoms with Crippen molar-refractivity contribution in [2.75, 3.05) is 17.7 Å². The Hall–Kier alpha value is -4.61. The Kier molecular flexibility index (Phi) is 11.9. The number of methoxy groups -OCH3 is 1. The van der Waals surface area contributed by atoms with E-state index in [9.17, 15) is 14.4 Å². The molecule has 1 heterocycles. The molecule has 3 amide bonds. The fourth-order valence-corrected chi connectivity index (χ4v) is 6.57. The largest absolute Gasteiger partial charge is 0.497 e. The number of hydrogen-bond donors (Lipinski definition) is 3. The summed E-state index contributed by atoms with van der Waals surface area (Å²) in [5.74, 6) is -0.464. The van der Waals surface area contributed by atoms with Gasteiger partial charge in [0.25, 0.3) is 11.8 Å². The van der Waals surface area contributed by atoms with Crippen LogP contribution < -0.4 is 20.7 Å². The van der Waals surface area contributed by atoms with Crippen LogP contribution in [0.25, 0.3) is 17.3 Å². The van der Waals surface area contributed by atoms with Gasteiger partial charge >= 0.3 is 0 Å². The number of carbonyl (C=O) groups is 3. The third kappa shape index (κ3) is 9.05. The number of thiazole rings is 1. The SMILES string of the molecule is CCC(Sc1cccc(NC(=O)/C(=C\c2cccc(Cl)c2Cl)NC(=O)c2ccccc2)c1)C(=O)Nc1nc(-c2ccc(OC)cc2)cs1. The van der Waals surface area contributed by atoms with Crippen LogP contribution in [0.1, 0.15) is 29.3 Å². The summed E-state index contributed by atoms with van der Waals surface area (Å²) in [5.41, 5.74) is 2.95. The highest BCUT2D eigenvalue weighted by molar-refractivity contribution is 8.00. The Morgan fingerprint density at radius 1 is 0.938 bits per heavy atom. The van der Waals surface area contributed by atoms with Crippen molar-refractivity contribution >= 4 is 80.9 Å². The van der Waals surface area contributed by atoms with Crippen molar-refractivity contribution in [3.63, 3.8) is 0 Å². The average Bonchev–Trinajstić information content (AvgIpc) is 3.57. The van der Waals surface area contributed by atoms with Gasteiger partial charge in [0.1, 0.15) is 11.4 Å². The Morgan fingerprint density at radius 2 is 1.69 bits per heavy atom. The lowest BCUT2D eigenvalue weighted by molar-refractivity contribution is -0.116. The van der Waals surface area contributed by atoms with Crippen LogP contribution in [-0.4, -0.2) is 35.1 Å². The fourth-order valence-electron chi connectivity index (χ4n) is 4.47. The van der Waals surface area contributed by atoms with E-state index < -0.39 is 17.1 Å². The molecule has 244 valence electrons. The number of anilines is 2. The molecule has 0 aliphatic carbocycles. The predicted octanol–water partition coefficient (Wildman–Crippen LogP) is 9.04. The van der Waals surface area contributed by atoms with Gasteiger partial charge in [0, 0.05) is 27.1 Å².